The van der Waals surface area contributed by atoms with E-state index in [1.807, 2.05) is 30.3 Å². The van der Waals surface area contributed by atoms with Gasteiger partial charge in [-0.3, -0.25) is 19.2 Å². The summed E-state index contributed by atoms with van der Waals surface area (Å²) in [6.45, 7) is -0.587. The molecule has 2 aliphatic carbocycles. The lowest BCUT2D eigenvalue weighted by molar-refractivity contribution is -0.140. The molecule has 178 valence electrons. The van der Waals surface area contributed by atoms with E-state index in [0.29, 0.717) is 25.7 Å². The summed E-state index contributed by atoms with van der Waals surface area (Å²) in [5.41, 5.74) is 0.856. The van der Waals surface area contributed by atoms with Crippen molar-refractivity contribution in [3.63, 3.8) is 0 Å². The van der Waals surface area contributed by atoms with Gasteiger partial charge in [0.05, 0.1) is 18.4 Å². The highest BCUT2D eigenvalue weighted by Crippen LogP contribution is 2.28. The molecule has 1 aromatic rings. The van der Waals surface area contributed by atoms with Crippen LogP contribution in [0.25, 0.3) is 0 Å². The number of amides is 4. The zero-order chi connectivity index (χ0) is 23.8. The summed E-state index contributed by atoms with van der Waals surface area (Å²) < 4.78 is 5.17. The first-order valence-corrected chi connectivity index (χ1v) is 10.9. The Morgan fingerprint density at radius 1 is 0.818 bits per heavy atom. The van der Waals surface area contributed by atoms with Crippen LogP contribution in [-0.4, -0.2) is 60.1 Å². The van der Waals surface area contributed by atoms with E-state index >= 15 is 0 Å². The van der Waals surface area contributed by atoms with Gasteiger partial charge in [-0.1, -0.05) is 30.3 Å². The molecule has 4 amide bonds. The molecule has 0 radical (unpaired) electrons. The molecule has 0 spiro atoms. The van der Waals surface area contributed by atoms with Gasteiger partial charge in [-0.15, -0.1) is 0 Å². The second kappa shape index (κ2) is 11.3. The predicted octanol–water partition coefficient (Wildman–Crippen LogP) is -0.0968. The average molecular weight is 460 g/mol. The van der Waals surface area contributed by atoms with Gasteiger partial charge in [0.25, 0.3) is 0 Å². The second-order valence-corrected chi connectivity index (χ2v) is 8.18. The van der Waals surface area contributed by atoms with Crippen LogP contribution in [0, 0.1) is 11.8 Å². The van der Waals surface area contributed by atoms with Crippen LogP contribution in [0.2, 0.25) is 0 Å². The van der Waals surface area contributed by atoms with Crippen molar-refractivity contribution < 1.29 is 33.8 Å². The predicted molar refractivity (Wildman–Crippen MR) is 115 cm³/mol. The molecule has 0 aliphatic heterocycles. The molecule has 0 unspecified atom stereocenters. The molecule has 1 aromatic carbocycles. The number of carbonyl (C=O) groups is 5. The average Bonchev–Trinajstić information content (AvgIpc) is 2.76. The minimum absolute atomic E-state index is 0.132. The highest BCUT2D eigenvalue weighted by Gasteiger charge is 2.39. The van der Waals surface area contributed by atoms with Gasteiger partial charge in [0, 0.05) is 12.1 Å². The Morgan fingerprint density at radius 3 is 1.94 bits per heavy atom. The normalized spacial score (nSPS) is 23.2. The van der Waals surface area contributed by atoms with E-state index in [4.69, 9.17) is 9.84 Å². The van der Waals surface area contributed by atoms with E-state index in [1.165, 1.54) is 0 Å². The van der Waals surface area contributed by atoms with Crippen molar-refractivity contribution >= 4 is 29.8 Å². The topological polar surface area (TPSA) is 163 Å². The minimum Gasteiger partial charge on any atom is -0.480 e. The van der Waals surface area contributed by atoms with E-state index < -0.39 is 42.3 Å². The summed E-state index contributed by atoms with van der Waals surface area (Å²) in [5.74, 6) is -3.25. The zero-order valence-electron chi connectivity index (χ0n) is 18.0. The number of hydrogen-bond acceptors (Lipinski definition) is 6. The van der Waals surface area contributed by atoms with Crippen LogP contribution in [0.15, 0.2) is 30.3 Å². The largest absolute Gasteiger partial charge is 0.480 e. The number of carboxylic acids is 1. The van der Waals surface area contributed by atoms with Gasteiger partial charge < -0.3 is 31.1 Å². The van der Waals surface area contributed by atoms with Crippen molar-refractivity contribution in [2.45, 2.75) is 44.4 Å². The van der Waals surface area contributed by atoms with Gasteiger partial charge in [0.1, 0.15) is 13.2 Å². The summed E-state index contributed by atoms with van der Waals surface area (Å²) >= 11 is 0. The fourth-order valence-corrected chi connectivity index (χ4v) is 3.74. The fraction of sp³-hybridized carbons (Fsp3) is 0.500. The molecule has 33 heavy (non-hydrogen) atoms. The van der Waals surface area contributed by atoms with Crippen molar-refractivity contribution in [2.75, 3.05) is 13.1 Å². The fourth-order valence-electron chi connectivity index (χ4n) is 3.74. The molecule has 2 aliphatic rings. The van der Waals surface area contributed by atoms with Crippen LogP contribution < -0.4 is 21.3 Å². The lowest BCUT2D eigenvalue weighted by Gasteiger charge is -2.36. The number of carbonyl (C=O) groups excluding carboxylic acids is 4. The Morgan fingerprint density at radius 2 is 1.39 bits per heavy atom. The van der Waals surface area contributed by atoms with Gasteiger partial charge in [0.15, 0.2) is 0 Å². The Hall–Kier alpha value is -3.63. The number of hydrogen-bond donors (Lipinski definition) is 5. The maximum atomic E-state index is 12.4. The molecule has 0 saturated heterocycles. The molecular weight excluding hydrogens is 432 g/mol. The molecule has 2 saturated carbocycles. The van der Waals surface area contributed by atoms with Crippen LogP contribution in [0.4, 0.5) is 4.79 Å². The van der Waals surface area contributed by atoms with Crippen LogP contribution in [-0.2, 0) is 30.5 Å². The maximum Gasteiger partial charge on any atom is 0.407 e. The number of alkyl carbamates (subject to hydrolysis) is 1. The van der Waals surface area contributed by atoms with Crippen molar-refractivity contribution in [1.29, 1.82) is 0 Å². The molecular formula is C22H28N4O7. The minimum atomic E-state index is -1.14. The molecule has 4 atom stereocenters. The molecule has 0 aromatic heterocycles. The van der Waals surface area contributed by atoms with E-state index in [0.717, 1.165) is 5.56 Å². The van der Waals surface area contributed by atoms with Crippen LogP contribution in [0.5, 0.6) is 0 Å². The number of aliphatic carboxylic acids is 1. The molecule has 5 N–H and O–H groups in total. The number of rotatable bonds is 10. The van der Waals surface area contributed by atoms with Gasteiger partial charge in [-0.05, 0) is 31.2 Å². The Kier molecular flexibility index (Phi) is 8.22. The van der Waals surface area contributed by atoms with Gasteiger partial charge in [-0.2, -0.15) is 0 Å². The third-order valence-corrected chi connectivity index (χ3v) is 5.92. The molecule has 11 nitrogen and oxygen atoms in total. The van der Waals surface area contributed by atoms with E-state index in [2.05, 4.69) is 21.3 Å². The SMILES string of the molecule is O=C(O)CNC(=O)[C@@H]1CC[C@@H]1NC(=O)CNC(=O)[C@@H]1CC[C@@H]1NC(=O)OCc1ccccc1. The van der Waals surface area contributed by atoms with E-state index in [-0.39, 0.29) is 31.1 Å². The van der Waals surface area contributed by atoms with Crippen molar-refractivity contribution in [1.82, 2.24) is 21.3 Å². The summed E-state index contributed by atoms with van der Waals surface area (Å²) in [6, 6.07) is 8.49. The van der Waals surface area contributed by atoms with Crippen LogP contribution in [0.3, 0.4) is 0 Å². The zero-order valence-corrected chi connectivity index (χ0v) is 18.0. The number of ether oxygens (including phenoxy) is 1. The molecule has 0 bridgehead atoms. The van der Waals surface area contributed by atoms with Crippen molar-refractivity contribution in [3.05, 3.63) is 35.9 Å². The monoisotopic (exact) mass is 460 g/mol. The molecule has 2 fully saturated rings. The number of carboxylic acid groups (broad SMARTS) is 1. The van der Waals surface area contributed by atoms with Gasteiger partial charge in [0.2, 0.25) is 17.7 Å². The highest BCUT2D eigenvalue weighted by atomic mass is 16.5. The third-order valence-electron chi connectivity index (χ3n) is 5.92. The van der Waals surface area contributed by atoms with Gasteiger partial charge in [-0.25, -0.2) is 4.79 Å². The molecule has 3 rings (SSSR count). The number of benzene rings is 1. The maximum absolute atomic E-state index is 12.4. The Bertz CT molecular complexity index is 892. The first kappa shape index (κ1) is 24.0. The first-order valence-electron chi connectivity index (χ1n) is 10.9. The Balaban J connectivity index is 1.33. The van der Waals surface area contributed by atoms with Gasteiger partial charge >= 0.3 is 12.1 Å². The van der Waals surface area contributed by atoms with Crippen molar-refractivity contribution in [2.24, 2.45) is 11.8 Å². The summed E-state index contributed by atoms with van der Waals surface area (Å²) in [7, 11) is 0. The second-order valence-electron chi connectivity index (χ2n) is 8.18. The Labute approximate surface area is 190 Å². The number of nitrogens with one attached hydrogen (secondary N) is 4. The van der Waals surface area contributed by atoms with E-state index in [1.54, 1.807) is 0 Å². The quantitative estimate of drug-likeness (QED) is 0.326. The van der Waals surface area contributed by atoms with E-state index in [9.17, 15) is 24.0 Å². The summed E-state index contributed by atoms with van der Waals surface area (Å²) in [6.07, 6.45) is 1.78. The lowest BCUT2D eigenvalue weighted by Crippen LogP contribution is -2.56. The summed E-state index contributed by atoms with van der Waals surface area (Å²) in [5, 5.41) is 18.9. The van der Waals surface area contributed by atoms with Crippen LogP contribution >= 0.6 is 0 Å². The first-order chi connectivity index (χ1) is 15.8. The van der Waals surface area contributed by atoms with Crippen molar-refractivity contribution in [3.8, 4) is 0 Å². The highest BCUT2D eigenvalue weighted by molar-refractivity contribution is 5.88. The van der Waals surface area contributed by atoms with Crippen LogP contribution in [0.1, 0.15) is 31.2 Å². The lowest BCUT2D eigenvalue weighted by atomic mass is 9.78. The standard InChI is InChI=1S/C22H28N4O7/c27-18(25-16-8-6-14(16)21(31)24-11-19(28)29)10-23-20(30)15-7-9-17(15)26-22(32)33-12-13-4-2-1-3-5-13/h1-5,14-17H,6-12H2,(H,23,30)(H,24,31)(H,25,27)(H,26,32)(H,28,29)/t14-,15-,16+,17+/m1/s1. The third kappa shape index (κ3) is 6.93. The summed E-state index contributed by atoms with van der Waals surface area (Å²) in [4.78, 5) is 59.0. The molecule has 0 heterocycles. The smallest absolute Gasteiger partial charge is 0.407 e. The molecule has 11 heteroatoms.